The third-order valence-corrected chi connectivity index (χ3v) is 3.08. The Balaban J connectivity index is 2.50. The van der Waals surface area contributed by atoms with Gasteiger partial charge >= 0.3 is 5.97 Å². The predicted octanol–water partition coefficient (Wildman–Crippen LogP) is 1.62. The van der Waals surface area contributed by atoms with Crippen LogP contribution in [0.5, 0.6) is 5.75 Å². The smallest absolute Gasteiger partial charge is 0.335 e. The lowest BCUT2D eigenvalue weighted by atomic mass is 9.93. The zero-order chi connectivity index (χ0) is 13.0. The SMILES string of the molecule is COC(=O)C1=C(c2ccccc2OC)CCNC1. The molecule has 0 unspecified atom stereocenters. The molecule has 1 heterocycles. The molecule has 1 N–H and O–H groups in total. The first-order valence-corrected chi connectivity index (χ1v) is 5.92. The lowest BCUT2D eigenvalue weighted by Crippen LogP contribution is -2.29. The first kappa shape index (κ1) is 12.6. The van der Waals surface area contributed by atoms with Gasteiger partial charge in [-0.05, 0) is 24.6 Å². The highest BCUT2D eigenvalue weighted by molar-refractivity contribution is 5.99. The molecular weight excluding hydrogens is 230 g/mol. The fourth-order valence-corrected chi connectivity index (χ4v) is 2.19. The summed E-state index contributed by atoms with van der Waals surface area (Å²) < 4.78 is 10.2. The van der Waals surface area contributed by atoms with Gasteiger partial charge in [0, 0.05) is 12.1 Å². The zero-order valence-electron chi connectivity index (χ0n) is 10.7. The van der Waals surface area contributed by atoms with Crippen LogP contribution in [-0.4, -0.2) is 33.3 Å². The van der Waals surface area contributed by atoms with Crippen molar-refractivity contribution in [2.75, 3.05) is 27.3 Å². The van der Waals surface area contributed by atoms with Gasteiger partial charge in [-0.1, -0.05) is 18.2 Å². The number of hydrogen-bond donors (Lipinski definition) is 1. The largest absolute Gasteiger partial charge is 0.496 e. The molecule has 0 atom stereocenters. The van der Waals surface area contributed by atoms with Gasteiger partial charge in [0.1, 0.15) is 5.75 Å². The van der Waals surface area contributed by atoms with Crippen LogP contribution in [0.2, 0.25) is 0 Å². The molecule has 4 nitrogen and oxygen atoms in total. The molecule has 0 saturated heterocycles. The summed E-state index contributed by atoms with van der Waals surface area (Å²) >= 11 is 0. The van der Waals surface area contributed by atoms with Gasteiger partial charge in [0.25, 0.3) is 0 Å². The van der Waals surface area contributed by atoms with Gasteiger partial charge < -0.3 is 14.8 Å². The summed E-state index contributed by atoms with van der Waals surface area (Å²) in [7, 11) is 3.04. The number of carbonyl (C=O) groups excluding carboxylic acids is 1. The van der Waals surface area contributed by atoms with E-state index >= 15 is 0 Å². The number of esters is 1. The lowest BCUT2D eigenvalue weighted by Gasteiger charge is -2.21. The summed E-state index contributed by atoms with van der Waals surface area (Å²) in [5, 5.41) is 3.19. The van der Waals surface area contributed by atoms with Crippen LogP contribution in [0.3, 0.4) is 0 Å². The zero-order valence-corrected chi connectivity index (χ0v) is 10.7. The van der Waals surface area contributed by atoms with E-state index in [2.05, 4.69) is 5.32 Å². The topological polar surface area (TPSA) is 47.6 Å². The molecule has 0 bridgehead atoms. The average Bonchev–Trinajstić information content (AvgIpc) is 2.46. The van der Waals surface area contributed by atoms with Crippen LogP contribution < -0.4 is 10.1 Å². The highest BCUT2D eigenvalue weighted by Crippen LogP contribution is 2.31. The maximum atomic E-state index is 11.8. The third kappa shape index (κ3) is 2.38. The second-order valence-electron chi connectivity index (χ2n) is 4.08. The molecule has 0 spiro atoms. The Hall–Kier alpha value is -1.81. The minimum Gasteiger partial charge on any atom is -0.496 e. The van der Waals surface area contributed by atoms with E-state index < -0.39 is 0 Å². The van der Waals surface area contributed by atoms with E-state index in [4.69, 9.17) is 9.47 Å². The standard InChI is InChI=1S/C14H17NO3/c1-17-13-6-4-3-5-11(13)10-7-8-15-9-12(10)14(16)18-2/h3-6,15H,7-9H2,1-2H3. The van der Waals surface area contributed by atoms with Gasteiger partial charge in [0.2, 0.25) is 0 Å². The van der Waals surface area contributed by atoms with Gasteiger partial charge in [0.15, 0.2) is 0 Å². The van der Waals surface area contributed by atoms with Crippen molar-refractivity contribution in [3.8, 4) is 5.75 Å². The number of rotatable bonds is 3. The Morgan fingerprint density at radius 3 is 2.78 bits per heavy atom. The molecule has 1 aliphatic heterocycles. The van der Waals surface area contributed by atoms with Crippen LogP contribution in [0, 0.1) is 0 Å². The Bertz CT molecular complexity index is 480. The van der Waals surface area contributed by atoms with E-state index in [1.807, 2.05) is 24.3 Å². The van der Waals surface area contributed by atoms with Crippen molar-refractivity contribution in [2.45, 2.75) is 6.42 Å². The van der Waals surface area contributed by atoms with Gasteiger partial charge in [-0.2, -0.15) is 0 Å². The van der Waals surface area contributed by atoms with Crippen molar-refractivity contribution in [2.24, 2.45) is 0 Å². The lowest BCUT2D eigenvalue weighted by molar-refractivity contribution is -0.136. The monoisotopic (exact) mass is 247 g/mol. The van der Waals surface area contributed by atoms with Crippen LogP contribution >= 0.6 is 0 Å². The Labute approximate surface area is 107 Å². The summed E-state index contributed by atoms with van der Waals surface area (Å²) in [5.41, 5.74) is 2.67. The van der Waals surface area contributed by atoms with E-state index in [1.165, 1.54) is 7.11 Å². The second-order valence-corrected chi connectivity index (χ2v) is 4.08. The van der Waals surface area contributed by atoms with Crippen LogP contribution in [0.25, 0.3) is 5.57 Å². The maximum Gasteiger partial charge on any atom is 0.335 e. The molecule has 0 aromatic heterocycles. The summed E-state index contributed by atoms with van der Waals surface area (Å²) in [5.74, 6) is 0.513. The van der Waals surface area contributed by atoms with Crippen LogP contribution in [-0.2, 0) is 9.53 Å². The maximum absolute atomic E-state index is 11.8. The fraction of sp³-hybridized carbons (Fsp3) is 0.357. The Morgan fingerprint density at radius 1 is 1.28 bits per heavy atom. The number of para-hydroxylation sites is 1. The Kier molecular flexibility index (Phi) is 3.99. The van der Waals surface area contributed by atoms with Crippen molar-refractivity contribution < 1.29 is 14.3 Å². The van der Waals surface area contributed by atoms with Crippen molar-refractivity contribution in [3.05, 3.63) is 35.4 Å². The summed E-state index contributed by atoms with van der Waals surface area (Å²) in [6, 6.07) is 7.74. The number of ether oxygens (including phenoxy) is 2. The van der Waals surface area contributed by atoms with Crippen molar-refractivity contribution in [3.63, 3.8) is 0 Å². The van der Waals surface area contributed by atoms with Gasteiger partial charge in [0.05, 0.1) is 19.8 Å². The highest BCUT2D eigenvalue weighted by atomic mass is 16.5. The van der Waals surface area contributed by atoms with Crippen LogP contribution in [0.4, 0.5) is 0 Å². The summed E-state index contributed by atoms with van der Waals surface area (Å²) in [6.07, 6.45) is 0.796. The second kappa shape index (κ2) is 5.69. The molecule has 0 aliphatic carbocycles. The first-order valence-electron chi connectivity index (χ1n) is 5.92. The van der Waals surface area contributed by atoms with E-state index in [-0.39, 0.29) is 5.97 Å². The van der Waals surface area contributed by atoms with Crippen LogP contribution in [0.15, 0.2) is 29.8 Å². The number of nitrogens with one attached hydrogen (secondary N) is 1. The van der Waals surface area contributed by atoms with Gasteiger partial charge in [-0.25, -0.2) is 4.79 Å². The van der Waals surface area contributed by atoms with Crippen molar-refractivity contribution >= 4 is 11.5 Å². The van der Waals surface area contributed by atoms with Crippen molar-refractivity contribution in [1.29, 1.82) is 0 Å². The summed E-state index contributed by atoms with van der Waals surface area (Å²) in [4.78, 5) is 11.8. The molecular formula is C14H17NO3. The van der Waals surface area contributed by atoms with E-state index in [0.717, 1.165) is 29.9 Å². The molecule has 4 heteroatoms. The fourth-order valence-electron chi connectivity index (χ4n) is 2.19. The van der Waals surface area contributed by atoms with Crippen molar-refractivity contribution in [1.82, 2.24) is 5.32 Å². The summed E-state index contributed by atoms with van der Waals surface area (Å²) in [6.45, 7) is 1.40. The normalized spacial score (nSPS) is 15.4. The molecule has 18 heavy (non-hydrogen) atoms. The molecule has 0 radical (unpaired) electrons. The minimum absolute atomic E-state index is 0.275. The minimum atomic E-state index is -0.275. The molecule has 0 saturated carbocycles. The average molecular weight is 247 g/mol. The number of methoxy groups -OCH3 is 2. The molecule has 2 rings (SSSR count). The molecule has 1 aromatic carbocycles. The molecule has 1 aromatic rings. The van der Waals surface area contributed by atoms with Gasteiger partial charge in [-0.15, -0.1) is 0 Å². The number of benzene rings is 1. The highest BCUT2D eigenvalue weighted by Gasteiger charge is 2.22. The molecule has 1 aliphatic rings. The molecule has 96 valence electrons. The van der Waals surface area contributed by atoms with Gasteiger partial charge in [-0.3, -0.25) is 0 Å². The van der Waals surface area contributed by atoms with Crippen LogP contribution in [0.1, 0.15) is 12.0 Å². The first-order chi connectivity index (χ1) is 8.77. The molecule has 0 fully saturated rings. The number of hydrogen-bond acceptors (Lipinski definition) is 4. The van der Waals surface area contributed by atoms with E-state index in [1.54, 1.807) is 7.11 Å². The van der Waals surface area contributed by atoms with E-state index in [0.29, 0.717) is 12.1 Å². The predicted molar refractivity (Wildman–Crippen MR) is 69.4 cm³/mol. The quantitative estimate of drug-likeness (QED) is 0.824. The molecule has 0 amide bonds. The number of carbonyl (C=O) groups is 1. The van der Waals surface area contributed by atoms with E-state index in [9.17, 15) is 4.79 Å². The third-order valence-electron chi connectivity index (χ3n) is 3.08. The Morgan fingerprint density at radius 2 is 2.06 bits per heavy atom.